The van der Waals surface area contributed by atoms with Crippen molar-refractivity contribution in [1.82, 2.24) is 0 Å². The Morgan fingerprint density at radius 3 is 2.74 bits per heavy atom. The standard InChI is InChI=1S/C14H17BrO4/c15-11-7-6-9(8-10(11)14(17)18)19-13-5-3-1-2-4-12(13)16/h6-8,12-13,16H,1-5H2,(H,17,18). The number of aliphatic hydroxyl groups excluding tert-OH is 1. The lowest BCUT2D eigenvalue weighted by Crippen LogP contribution is -2.30. The third kappa shape index (κ3) is 3.70. The molecule has 2 N–H and O–H groups in total. The predicted octanol–water partition coefficient (Wildman–Crippen LogP) is 3.22. The normalized spacial score (nSPS) is 23.7. The minimum Gasteiger partial charge on any atom is -0.488 e. The highest BCUT2D eigenvalue weighted by molar-refractivity contribution is 9.10. The first-order valence-corrected chi connectivity index (χ1v) is 7.25. The van der Waals surface area contributed by atoms with Gasteiger partial charge in [-0.25, -0.2) is 4.79 Å². The number of carboxylic acids is 1. The second kappa shape index (κ2) is 6.39. The van der Waals surface area contributed by atoms with Crippen molar-refractivity contribution < 1.29 is 19.7 Å². The lowest BCUT2D eigenvalue weighted by Gasteiger charge is -2.22. The van der Waals surface area contributed by atoms with Gasteiger partial charge in [-0.15, -0.1) is 0 Å². The number of carbonyl (C=O) groups is 1. The molecule has 2 rings (SSSR count). The fourth-order valence-electron chi connectivity index (χ4n) is 2.31. The van der Waals surface area contributed by atoms with E-state index in [0.29, 0.717) is 10.2 Å². The fourth-order valence-corrected chi connectivity index (χ4v) is 2.72. The fraction of sp³-hybridized carbons (Fsp3) is 0.500. The van der Waals surface area contributed by atoms with E-state index in [1.54, 1.807) is 12.1 Å². The molecule has 1 aromatic rings. The Kier molecular flexibility index (Phi) is 4.82. The number of halogens is 1. The maximum absolute atomic E-state index is 11.1. The summed E-state index contributed by atoms with van der Waals surface area (Å²) in [5, 5.41) is 19.1. The topological polar surface area (TPSA) is 66.8 Å². The van der Waals surface area contributed by atoms with Crippen LogP contribution in [-0.2, 0) is 0 Å². The Morgan fingerprint density at radius 2 is 2.00 bits per heavy atom. The van der Waals surface area contributed by atoms with Gasteiger partial charge in [-0.1, -0.05) is 12.8 Å². The van der Waals surface area contributed by atoms with Crippen LogP contribution in [-0.4, -0.2) is 28.4 Å². The third-order valence-electron chi connectivity index (χ3n) is 3.37. The second-order valence-electron chi connectivity index (χ2n) is 4.81. The van der Waals surface area contributed by atoms with Crippen molar-refractivity contribution >= 4 is 21.9 Å². The molecule has 1 aromatic carbocycles. The van der Waals surface area contributed by atoms with E-state index < -0.39 is 12.1 Å². The van der Waals surface area contributed by atoms with Crippen molar-refractivity contribution in [2.75, 3.05) is 0 Å². The SMILES string of the molecule is O=C(O)c1cc(OC2CCCCCC2O)ccc1Br. The van der Waals surface area contributed by atoms with Gasteiger partial charge in [-0.3, -0.25) is 0 Å². The van der Waals surface area contributed by atoms with Crippen molar-refractivity contribution in [1.29, 1.82) is 0 Å². The van der Waals surface area contributed by atoms with E-state index >= 15 is 0 Å². The number of carboxylic acid groups (broad SMARTS) is 1. The molecule has 0 radical (unpaired) electrons. The molecule has 19 heavy (non-hydrogen) atoms. The summed E-state index contributed by atoms with van der Waals surface area (Å²) in [6, 6.07) is 4.86. The van der Waals surface area contributed by atoms with E-state index in [2.05, 4.69) is 15.9 Å². The van der Waals surface area contributed by atoms with Crippen molar-refractivity contribution in [3.63, 3.8) is 0 Å². The monoisotopic (exact) mass is 328 g/mol. The van der Waals surface area contributed by atoms with E-state index in [9.17, 15) is 9.90 Å². The van der Waals surface area contributed by atoms with Crippen molar-refractivity contribution in [3.8, 4) is 5.75 Å². The van der Waals surface area contributed by atoms with E-state index in [4.69, 9.17) is 9.84 Å². The first kappa shape index (κ1) is 14.3. The van der Waals surface area contributed by atoms with Gasteiger partial charge in [0, 0.05) is 4.47 Å². The Balaban J connectivity index is 2.13. The predicted molar refractivity (Wildman–Crippen MR) is 74.6 cm³/mol. The molecule has 0 amide bonds. The average molecular weight is 329 g/mol. The lowest BCUT2D eigenvalue weighted by molar-refractivity contribution is 0.0319. The van der Waals surface area contributed by atoms with E-state index in [1.807, 2.05) is 0 Å². The molecule has 2 atom stereocenters. The van der Waals surface area contributed by atoms with Crippen LogP contribution in [0.5, 0.6) is 5.75 Å². The van der Waals surface area contributed by atoms with Crippen LogP contribution in [0.2, 0.25) is 0 Å². The van der Waals surface area contributed by atoms with Gasteiger partial charge in [0.05, 0.1) is 11.7 Å². The summed E-state index contributed by atoms with van der Waals surface area (Å²) in [4.78, 5) is 11.1. The molecule has 104 valence electrons. The van der Waals surface area contributed by atoms with Crippen molar-refractivity contribution in [2.45, 2.75) is 44.3 Å². The van der Waals surface area contributed by atoms with Gasteiger partial charge in [0.25, 0.3) is 0 Å². The molecule has 0 heterocycles. The van der Waals surface area contributed by atoms with Gasteiger partial charge in [0.15, 0.2) is 0 Å². The summed E-state index contributed by atoms with van der Waals surface area (Å²) in [6.45, 7) is 0. The quantitative estimate of drug-likeness (QED) is 0.836. The number of rotatable bonds is 3. The van der Waals surface area contributed by atoms with E-state index in [1.165, 1.54) is 6.07 Å². The zero-order valence-corrected chi connectivity index (χ0v) is 12.1. The third-order valence-corrected chi connectivity index (χ3v) is 4.06. The highest BCUT2D eigenvalue weighted by Crippen LogP contribution is 2.27. The average Bonchev–Trinajstić information content (AvgIpc) is 2.57. The number of ether oxygens (including phenoxy) is 1. The molecule has 2 unspecified atom stereocenters. The second-order valence-corrected chi connectivity index (χ2v) is 5.66. The van der Waals surface area contributed by atoms with Crippen molar-refractivity contribution in [3.05, 3.63) is 28.2 Å². The van der Waals surface area contributed by atoms with Crippen LogP contribution >= 0.6 is 15.9 Å². The zero-order valence-electron chi connectivity index (χ0n) is 10.5. The van der Waals surface area contributed by atoms with Crippen LogP contribution in [0.1, 0.15) is 42.5 Å². The number of benzene rings is 1. The largest absolute Gasteiger partial charge is 0.488 e. The Morgan fingerprint density at radius 1 is 1.26 bits per heavy atom. The van der Waals surface area contributed by atoms with Gasteiger partial charge in [-0.2, -0.15) is 0 Å². The smallest absolute Gasteiger partial charge is 0.336 e. The van der Waals surface area contributed by atoms with Crippen LogP contribution < -0.4 is 4.74 Å². The number of aliphatic hydroxyl groups is 1. The van der Waals surface area contributed by atoms with Gasteiger partial charge in [0.1, 0.15) is 11.9 Å². The molecule has 0 aromatic heterocycles. The molecular formula is C14H17BrO4. The minimum absolute atomic E-state index is 0.167. The molecule has 0 spiro atoms. The Labute approximate surface area is 120 Å². The highest BCUT2D eigenvalue weighted by Gasteiger charge is 2.23. The van der Waals surface area contributed by atoms with Crippen LogP contribution in [0.25, 0.3) is 0 Å². The Bertz CT molecular complexity index is 461. The maximum Gasteiger partial charge on any atom is 0.336 e. The highest BCUT2D eigenvalue weighted by atomic mass is 79.9. The molecule has 5 heteroatoms. The summed E-state index contributed by atoms with van der Waals surface area (Å²) >= 11 is 3.19. The summed E-state index contributed by atoms with van der Waals surface area (Å²) < 4.78 is 6.28. The summed E-state index contributed by atoms with van der Waals surface area (Å²) in [5.74, 6) is -0.509. The number of hydrogen-bond acceptors (Lipinski definition) is 3. The van der Waals surface area contributed by atoms with Crippen molar-refractivity contribution in [2.24, 2.45) is 0 Å². The molecule has 1 saturated carbocycles. The lowest BCUT2D eigenvalue weighted by atomic mass is 10.1. The number of aromatic carboxylic acids is 1. The molecule has 1 aliphatic carbocycles. The van der Waals surface area contributed by atoms with Gasteiger partial charge < -0.3 is 14.9 Å². The molecule has 4 nitrogen and oxygen atoms in total. The van der Waals surface area contributed by atoms with E-state index in [-0.39, 0.29) is 11.7 Å². The molecule has 1 fully saturated rings. The Hall–Kier alpha value is -1.07. The maximum atomic E-state index is 11.1. The first-order valence-electron chi connectivity index (χ1n) is 6.45. The van der Waals surface area contributed by atoms with E-state index in [0.717, 1.165) is 32.1 Å². The molecular weight excluding hydrogens is 312 g/mol. The van der Waals surface area contributed by atoms with Gasteiger partial charge >= 0.3 is 5.97 Å². The molecule has 0 aliphatic heterocycles. The van der Waals surface area contributed by atoms with Crippen LogP contribution in [0.15, 0.2) is 22.7 Å². The first-order chi connectivity index (χ1) is 9.08. The minimum atomic E-state index is -1.00. The van der Waals surface area contributed by atoms with Gasteiger partial charge in [0.2, 0.25) is 0 Å². The molecule has 0 saturated heterocycles. The summed E-state index contributed by atoms with van der Waals surface area (Å²) in [7, 11) is 0. The summed E-state index contributed by atoms with van der Waals surface area (Å²) in [5.41, 5.74) is 0.167. The summed E-state index contributed by atoms with van der Waals surface area (Å²) in [6.07, 6.45) is 3.99. The molecule has 1 aliphatic rings. The van der Waals surface area contributed by atoms with Crippen LogP contribution in [0.3, 0.4) is 0 Å². The zero-order chi connectivity index (χ0) is 13.8. The van der Waals surface area contributed by atoms with Crippen LogP contribution in [0.4, 0.5) is 0 Å². The number of hydrogen-bond donors (Lipinski definition) is 2. The van der Waals surface area contributed by atoms with Gasteiger partial charge in [-0.05, 0) is 53.4 Å². The van der Waals surface area contributed by atoms with Crippen LogP contribution in [0, 0.1) is 0 Å². The molecule has 0 bridgehead atoms.